The average Bonchev–Trinajstić information content (AvgIpc) is 2.38. The Bertz CT molecular complexity index is 447. The van der Waals surface area contributed by atoms with Gasteiger partial charge in [-0.25, -0.2) is 4.79 Å². The first kappa shape index (κ1) is 16.3. The molecule has 0 amide bonds. The number of nitrogen functional groups attached to an aromatic ring is 1. The van der Waals surface area contributed by atoms with Crippen LogP contribution in [0.2, 0.25) is 0 Å². The van der Waals surface area contributed by atoms with E-state index >= 15 is 0 Å². The predicted octanol–water partition coefficient (Wildman–Crippen LogP) is 1.83. The maximum Gasteiger partial charge on any atom is 0.340 e. The molecule has 2 N–H and O–H groups in total. The zero-order chi connectivity index (χ0) is 15.1. The lowest BCUT2D eigenvalue weighted by Crippen LogP contribution is -2.25. The van der Waals surface area contributed by atoms with Gasteiger partial charge in [-0.3, -0.25) is 0 Å². The van der Waals surface area contributed by atoms with Crippen LogP contribution in [0.1, 0.15) is 23.7 Å². The van der Waals surface area contributed by atoms with Gasteiger partial charge in [0.25, 0.3) is 0 Å². The Balaban J connectivity index is 2.84. The third kappa shape index (κ3) is 4.74. The van der Waals surface area contributed by atoms with E-state index in [9.17, 15) is 4.79 Å². The van der Waals surface area contributed by atoms with Gasteiger partial charge >= 0.3 is 5.97 Å². The summed E-state index contributed by atoms with van der Waals surface area (Å²) >= 11 is 0. The Kier molecular flexibility index (Phi) is 6.31. The summed E-state index contributed by atoms with van der Waals surface area (Å²) in [5.74, 6) is -0.325. The summed E-state index contributed by atoms with van der Waals surface area (Å²) in [4.78, 5) is 16.2. The van der Waals surface area contributed by atoms with Crippen molar-refractivity contribution < 1.29 is 9.53 Å². The second kappa shape index (κ2) is 7.75. The van der Waals surface area contributed by atoms with Crippen molar-refractivity contribution in [3.8, 4) is 0 Å². The number of hydrogen-bond donors (Lipinski definition) is 1. The van der Waals surface area contributed by atoms with Crippen molar-refractivity contribution in [3.05, 3.63) is 23.8 Å². The van der Waals surface area contributed by atoms with Crippen LogP contribution in [0.5, 0.6) is 0 Å². The summed E-state index contributed by atoms with van der Waals surface area (Å²) in [7, 11) is 6.07. The summed E-state index contributed by atoms with van der Waals surface area (Å²) in [6.45, 7) is 4.03. The standard InChI is InChI=1S/C15H25N3O2/c1-5-20-15(19)13-11-12(16)7-8-14(13)18(4)10-6-9-17(2)3/h7-8,11H,5-6,9-10,16H2,1-4H3. The Morgan fingerprint density at radius 3 is 2.55 bits per heavy atom. The van der Waals surface area contributed by atoms with Gasteiger partial charge < -0.3 is 20.3 Å². The van der Waals surface area contributed by atoms with E-state index in [1.807, 2.05) is 27.2 Å². The van der Waals surface area contributed by atoms with Crippen molar-refractivity contribution in [2.45, 2.75) is 13.3 Å². The van der Waals surface area contributed by atoms with Crippen LogP contribution in [0.3, 0.4) is 0 Å². The van der Waals surface area contributed by atoms with Crippen LogP contribution < -0.4 is 10.6 Å². The molecule has 0 atom stereocenters. The van der Waals surface area contributed by atoms with Crippen molar-refractivity contribution in [2.75, 3.05) is 51.5 Å². The van der Waals surface area contributed by atoms with E-state index in [0.717, 1.165) is 25.2 Å². The Morgan fingerprint density at radius 1 is 1.25 bits per heavy atom. The number of esters is 1. The minimum Gasteiger partial charge on any atom is -0.462 e. The normalized spacial score (nSPS) is 10.7. The first-order chi connectivity index (χ1) is 9.45. The van der Waals surface area contributed by atoms with E-state index in [0.29, 0.717) is 17.9 Å². The number of anilines is 2. The summed E-state index contributed by atoms with van der Waals surface area (Å²) in [5.41, 5.74) is 7.72. The highest BCUT2D eigenvalue weighted by Crippen LogP contribution is 2.23. The van der Waals surface area contributed by atoms with Gasteiger partial charge in [-0.2, -0.15) is 0 Å². The van der Waals surface area contributed by atoms with E-state index < -0.39 is 0 Å². The van der Waals surface area contributed by atoms with Gasteiger partial charge in [0.2, 0.25) is 0 Å². The maximum atomic E-state index is 12.0. The molecule has 1 aromatic rings. The minimum absolute atomic E-state index is 0.325. The topological polar surface area (TPSA) is 58.8 Å². The molecule has 0 aliphatic heterocycles. The zero-order valence-electron chi connectivity index (χ0n) is 12.8. The third-order valence-electron chi connectivity index (χ3n) is 3.03. The van der Waals surface area contributed by atoms with Crippen molar-refractivity contribution in [2.24, 2.45) is 0 Å². The van der Waals surface area contributed by atoms with Crippen LogP contribution in [0.25, 0.3) is 0 Å². The number of carbonyl (C=O) groups is 1. The molecule has 0 saturated carbocycles. The fourth-order valence-corrected chi connectivity index (χ4v) is 2.00. The molecule has 0 saturated heterocycles. The number of ether oxygens (including phenoxy) is 1. The third-order valence-corrected chi connectivity index (χ3v) is 3.03. The Morgan fingerprint density at radius 2 is 1.95 bits per heavy atom. The number of hydrogen-bond acceptors (Lipinski definition) is 5. The number of carbonyl (C=O) groups excluding carboxylic acids is 1. The van der Waals surface area contributed by atoms with Crippen molar-refractivity contribution in [3.63, 3.8) is 0 Å². The molecule has 20 heavy (non-hydrogen) atoms. The Hall–Kier alpha value is -1.75. The Labute approximate surface area is 121 Å². The first-order valence-electron chi connectivity index (χ1n) is 6.88. The van der Waals surface area contributed by atoms with E-state index in [1.165, 1.54) is 0 Å². The maximum absolute atomic E-state index is 12.0. The molecular weight excluding hydrogens is 254 g/mol. The van der Waals surface area contributed by atoms with Gasteiger partial charge in [-0.1, -0.05) is 0 Å². The molecule has 0 fully saturated rings. The molecule has 112 valence electrons. The highest BCUT2D eigenvalue weighted by atomic mass is 16.5. The molecule has 5 nitrogen and oxygen atoms in total. The van der Waals surface area contributed by atoms with Gasteiger partial charge in [-0.05, 0) is 52.2 Å². The molecule has 0 radical (unpaired) electrons. The van der Waals surface area contributed by atoms with Gasteiger partial charge in [0, 0.05) is 19.3 Å². The summed E-state index contributed by atoms with van der Waals surface area (Å²) in [6.07, 6.45) is 1.02. The molecule has 1 rings (SSSR count). The smallest absolute Gasteiger partial charge is 0.340 e. The lowest BCUT2D eigenvalue weighted by atomic mass is 10.1. The molecule has 0 aromatic heterocycles. The van der Waals surface area contributed by atoms with E-state index in [-0.39, 0.29) is 5.97 Å². The number of rotatable bonds is 7. The largest absolute Gasteiger partial charge is 0.462 e. The van der Waals surface area contributed by atoms with E-state index in [2.05, 4.69) is 9.80 Å². The SMILES string of the molecule is CCOC(=O)c1cc(N)ccc1N(C)CCCN(C)C. The van der Waals surface area contributed by atoms with Crippen molar-refractivity contribution >= 4 is 17.3 Å². The van der Waals surface area contributed by atoms with Crippen molar-refractivity contribution in [1.82, 2.24) is 4.90 Å². The molecule has 0 aliphatic carbocycles. The number of nitrogens with two attached hydrogens (primary N) is 1. The molecule has 0 bridgehead atoms. The second-order valence-electron chi connectivity index (χ2n) is 5.08. The van der Waals surface area contributed by atoms with E-state index in [1.54, 1.807) is 19.1 Å². The van der Waals surface area contributed by atoms with Crippen LogP contribution in [-0.4, -0.2) is 51.7 Å². The molecule has 1 aromatic carbocycles. The molecule has 0 aliphatic rings. The highest BCUT2D eigenvalue weighted by Gasteiger charge is 2.15. The lowest BCUT2D eigenvalue weighted by molar-refractivity contribution is 0.0527. The summed E-state index contributed by atoms with van der Waals surface area (Å²) in [5, 5.41) is 0. The summed E-state index contributed by atoms with van der Waals surface area (Å²) < 4.78 is 5.09. The van der Waals surface area contributed by atoms with Gasteiger partial charge in [0.1, 0.15) is 0 Å². The van der Waals surface area contributed by atoms with Gasteiger partial charge in [0.05, 0.1) is 17.9 Å². The predicted molar refractivity (Wildman–Crippen MR) is 83.3 cm³/mol. The highest BCUT2D eigenvalue weighted by molar-refractivity contribution is 5.97. The van der Waals surface area contributed by atoms with Gasteiger partial charge in [0.15, 0.2) is 0 Å². The quantitative estimate of drug-likeness (QED) is 0.609. The molecule has 0 spiro atoms. The number of nitrogens with zero attached hydrogens (tertiary/aromatic N) is 2. The van der Waals surface area contributed by atoms with Crippen molar-refractivity contribution in [1.29, 1.82) is 0 Å². The van der Waals surface area contributed by atoms with E-state index in [4.69, 9.17) is 10.5 Å². The van der Waals surface area contributed by atoms with Gasteiger partial charge in [-0.15, -0.1) is 0 Å². The minimum atomic E-state index is -0.325. The zero-order valence-corrected chi connectivity index (χ0v) is 12.8. The fourth-order valence-electron chi connectivity index (χ4n) is 2.00. The van der Waals surface area contributed by atoms with Crippen LogP contribution in [0.4, 0.5) is 11.4 Å². The molecule has 0 unspecified atom stereocenters. The first-order valence-corrected chi connectivity index (χ1v) is 6.88. The molecule has 5 heteroatoms. The summed E-state index contributed by atoms with van der Waals surface area (Å²) in [6, 6.07) is 5.35. The molecule has 0 heterocycles. The monoisotopic (exact) mass is 279 g/mol. The lowest BCUT2D eigenvalue weighted by Gasteiger charge is -2.23. The van der Waals surface area contributed by atoms with Crippen LogP contribution in [0.15, 0.2) is 18.2 Å². The van der Waals surface area contributed by atoms with Crippen LogP contribution in [0, 0.1) is 0 Å². The van der Waals surface area contributed by atoms with Crippen LogP contribution in [-0.2, 0) is 4.74 Å². The number of benzene rings is 1. The van der Waals surface area contributed by atoms with Crippen LogP contribution >= 0.6 is 0 Å². The fraction of sp³-hybridized carbons (Fsp3) is 0.533. The second-order valence-corrected chi connectivity index (χ2v) is 5.08. The average molecular weight is 279 g/mol. The molecular formula is C15H25N3O2.